The first kappa shape index (κ1) is 12.6. The molecule has 1 saturated heterocycles. The lowest BCUT2D eigenvalue weighted by Gasteiger charge is -2.28. The van der Waals surface area contributed by atoms with Crippen LogP contribution in [0.1, 0.15) is 18.1 Å². The fourth-order valence-electron chi connectivity index (χ4n) is 1.91. The van der Waals surface area contributed by atoms with Gasteiger partial charge < -0.3 is 14.8 Å². The van der Waals surface area contributed by atoms with Crippen LogP contribution in [0.3, 0.4) is 0 Å². The van der Waals surface area contributed by atoms with E-state index in [9.17, 15) is 0 Å². The van der Waals surface area contributed by atoms with Crippen LogP contribution in [0.15, 0.2) is 24.3 Å². The van der Waals surface area contributed by atoms with Gasteiger partial charge in [-0.1, -0.05) is 29.8 Å². The van der Waals surface area contributed by atoms with E-state index in [1.165, 1.54) is 11.1 Å². The second-order valence-electron chi connectivity index (χ2n) is 4.64. The van der Waals surface area contributed by atoms with Gasteiger partial charge in [0.1, 0.15) is 0 Å². The molecule has 0 aromatic heterocycles. The molecule has 1 fully saturated rings. The van der Waals surface area contributed by atoms with E-state index in [1.54, 1.807) is 0 Å². The molecule has 0 amide bonds. The fraction of sp³-hybridized carbons (Fsp3) is 0.571. The molecule has 1 N–H and O–H groups in total. The molecule has 2 unspecified atom stereocenters. The Balaban J connectivity index is 1.78. The zero-order valence-corrected chi connectivity index (χ0v) is 10.6. The summed E-state index contributed by atoms with van der Waals surface area (Å²) >= 11 is 0. The third-order valence-electron chi connectivity index (χ3n) is 3.15. The molecule has 1 aromatic carbocycles. The molecular formula is C14H21NO2. The van der Waals surface area contributed by atoms with Crippen LogP contribution in [0.5, 0.6) is 0 Å². The topological polar surface area (TPSA) is 30.5 Å². The molecule has 0 aliphatic carbocycles. The largest absolute Gasteiger partial charge is 0.376 e. The summed E-state index contributed by atoms with van der Waals surface area (Å²) in [7, 11) is 0. The third kappa shape index (κ3) is 3.80. The number of hydrogen-bond acceptors (Lipinski definition) is 3. The zero-order chi connectivity index (χ0) is 12.1. The highest BCUT2D eigenvalue weighted by Crippen LogP contribution is 2.07. The molecule has 0 saturated carbocycles. The Morgan fingerprint density at radius 1 is 1.29 bits per heavy atom. The average molecular weight is 235 g/mol. The standard InChI is InChI=1S/C14H21NO2/c1-11-3-5-13(6-4-11)9-15-12(2)14-10-16-7-8-17-14/h3-6,12,14-15H,7-10H2,1-2H3. The normalized spacial score (nSPS) is 22.4. The zero-order valence-electron chi connectivity index (χ0n) is 10.6. The summed E-state index contributed by atoms with van der Waals surface area (Å²) in [5.41, 5.74) is 2.60. The minimum absolute atomic E-state index is 0.175. The van der Waals surface area contributed by atoms with Gasteiger partial charge in [-0.05, 0) is 19.4 Å². The summed E-state index contributed by atoms with van der Waals surface area (Å²) in [5, 5.41) is 3.48. The summed E-state index contributed by atoms with van der Waals surface area (Å²) in [5.74, 6) is 0. The van der Waals surface area contributed by atoms with Gasteiger partial charge >= 0.3 is 0 Å². The van der Waals surface area contributed by atoms with E-state index < -0.39 is 0 Å². The second kappa shape index (κ2) is 6.15. The van der Waals surface area contributed by atoms with Gasteiger partial charge in [0.05, 0.1) is 25.9 Å². The van der Waals surface area contributed by atoms with Gasteiger partial charge in [-0.15, -0.1) is 0 Å². The SMILES string of the molecule is Cc1ccc(CNC(C)C2COCCO2)cc1. The van der Waals surface area contributed by atoms with Crippen molar-refractivity contribution in [2.75, 3.05) is 19.8 Å². The van der Waals surface area contributed by atoms with Crippen LogP contribution in [-0.4, -0.2) is 32.0 Å². The predicted octanol–water partition coefficient (Wildman–Crippen LogP) is 1.89. The molecule has 2 rings (SSSR count). The smallest absolute Gasteiger partial charge is 0.0959 e. The highest BCUT2D eigenvalue weighted by molar-refractivity contribution is 5.21. The number of benzene rings is 1. The van der Waals surface area contributed by atoms with E-state index in [4.69, 9.17) is 9.47 Å². The Hall–Kier alpha value is -0.900. The summed E-state index contributed by atoms with van der Waals surface area (Å²) in [6.45, 7) is 7.26. The van der Waals surface area contributed by atoms with Crippen molar-refractivity contribution in [3.63, 3.8) is 0 Å². The molecule has 0 bridgehead atoms. The monoisotopic (exact) mass is 235 g/mol. The molecule has 2 atom stereocenters. The first-order chi connectivity index (χ1) is 8.25. The number of aryl methyl sites for hydroxylation is 1. The Kier molecular flexibility index (Phi) is 4.54. The molecule has 94 valence electrons. The number of ether oxygens (including phenoxy) is 2. The molecular weight excluding hydrogens is 214 g/mol. The second-order valence-corrected chi connectivity index (χ2v) is 4.64. The van der Waals surface area contributed by atoms with Crippen molar-refractivity contribution in [1.29, 1.82) is 0 Å². The summed E-state index contributed by atoms with van der Waals surface area (Å²) in [6, 6.07) is 8.92. The molecule has 1 aromatic rings. The van der Waals surface area contributed by atoms with E-state index in [-0.39, 0.29) is 6.10 Å². The molecule has 0 radical (unpaired) electrons. The summed E-state index contributed by atoms with van der Waals surface area (Å²) in [4.78, 5) is 0. The Bertz CT molecular complexity index is 331. The Morgan fingerprint density at radius 2 is 2.06 bits per heavy atom. The predicted molar refractivity (Wildman–Crippen MR) is 68.0 cm³/mol. The van der Waals surface area contributed by atoms with Crippen LogP contribution in [0.25, 0.3) is 0 Å². The van der Waals surface area contributed by atoms with Crippen LogP contribution >= 0.6 is 0 Å². The van der Waals surface area contributed by atoms with E-state index >= 15 is 0 Å². The Labute approximate surface area is 103 Å². The fourth-order valence-corrected chi connectivity index (χ4v) is 1.91. The van der Waals surface area contributed by atoms with E-state index in [2.05, 4.69) is 43.4 Å². The highest BCUT2D eigenvalue weighted by Gasteiger charge is 2.20. The van der Waals surface area contributed by atoms with Crippen molar-refractivity contribution >= 4 is 0 Å². The molecule has 3 heteroatoms. The third-order valence-corrected chi connectivity index (χ3v) is 3.15. The minimum atomic E-state index is 0.175. The minimum Gasteiger partial charge on any atom is -0.376 e. The van der Waals surface area contributed by atoms with Crippen molar-refractivity contribution in [3.05, 3.63) is 35.4 Å². The van der Waals surface area contributed by atoms with Gasteiger partial charge in [0.25, 0.3) is 0 Å². The van der Waals surface area contributed by atoms with Crippen molar-refractivity contribution < 1.29 is 9.47 Å². The van der Waals surface area contributed by atoms with Crippen LogP contribution < -0.4 is 5.32 Å². The van der Waals surface area contributed by atoms with Gasteiger partial charge in [-0.2, -0.15) is 0 Å². The quantitative estimate of drug-likeness (QED) is 0.864. The lowest BCUT2D eigenvalue weighted by Crippen LogP contribution is -2.44. The number of nitrogens with one attached hydrogen (secondary N) is 1. The van der Waals surface area contributed by atoms with Crippen LogP contribution in [0.4, 0.5) is 0 Å². The van der Waals surface area contributed by atoms with Gasteiger partial charge in [0.15, 0.2) is 0 Å². The molecule has 0 spiro atoms. The van der Waals surface area contributed by atoms with E-state index in [0.29, 0.717) is 19.3 Å². The summed E-state index contributed by atoms with van der Waals surface area (Å²) in [6.07, 6.45) is 0.175. The van der Waals surface area contributed by atoms with Crippen molar-refractivity contribution in [3.8, 4) is 0 Å². The molecule has 3 nitrogen and oxygen atoms in total. The van der Waals surface area contributed by atoms with Crippen molar-refractivity contribution in [1.82, 2.24) is 5.32 Å². The van der Waals surface area contributed by atoms with Crippen molar-refractivity contribution in [2.45, 2.75) is 32.5 Å². The Morgan fingerprint density at radius 3 is 2.71 bits per heavy atom. The number of hydrogen-bond donors (Lipinski definition) is 1. The van der Waals surface area contributed by atoms with E-state index in [0.717, 1.165) is 13.2 Å². The maximum atomic E-state index is 5.66. The first-order valence-electron chi connectivity index (χ1n) is 6.24. The maximum absolute atomic E-state index is 5.66. The molecule has 1 aliphatic heterocycles. The number of rotatable bonds is 4. The van der Waals surface area contributed by atoms with E-state index in [1.807, 2.05) is 0 Å². The van der Waals surface area contributed by atoms with Crippen LogP contribution in [-0.2, 0) is 16.0 Å². The lowest BCUT2D eigenvalue weighted by atomic mass is 10.1. The van der Waals surface area contributed by atoms with Crippen LogP contribution in [0.2, 0.25) is 0 Å². The molecule has 1 aliphatic rings. The van der Waals surface area contributed by atoms with Crippen molar-refractivity contribution in [2.24, 2.45) is 0 Å². The first-order valence-corrected chi connectivity index (χ1v) is 6.24. The molecule has 1 heterocycles. The highest BCUT2D eigenvalue weighted by atomic mass is 16.6. The van der Waals surface area contributed by atoms with Gasteiger partial charge in [0, 0.05) is 12.6 Å². The van der Waals surface area contributed by atoms with Gasteiger partial charge in [-0.25, -0.2) is 0 Å². The summed E-state index contributed by atoms with van der Waals surface area (Å²) < 4.78 is 11.1. The average Bonchev–Trinajstić information content (AvgIpc) is 2.39. The van der Waals surface area contributed by atoms with Crippen LogP contribution in [0, 0.1) is 6.92 Å². The molecule has 17 heavy (non-hydrogen) atoms. The van der Waals surface area contributed by atoms with Gasteiger partial charge in [0.2, 0.25) is 0 Å². The lowest BCUT2D eigenvalue weighted by molar-refractivity contribution is -0.0992. The van der Waals surface area contributed by atoms with Gasteiger partial charge in [-0.3, -0.25) is 0 Å². The maximum Gasteiger partial charge on any atom is 0.0959 e.